The number of thiazole rings is 1. The second-order valence-electron chi connectivity index (χ2n) is 4.20. The van der Waals surface area contributed by atoms with Crippen molar-refractivity contribution < 1.29 is 4.39 Å². The lowest BCUT2D eigenvalue weighted by Crippen LogP contribution is -2.23. The Morgan fingerprint density at radius 3 is 2.78 bits per heavy atom. The lowest BCUT2D eigenvalue weighted by molar-refractivity contribution is 0.519. The zero-order valence-electron chi connectivity index (χ0n) is 10.6. The maximum atomic E-state index is 13.7. The summed E-state index contributed by atoms with van der Waals surface area (Å²) >= 11 is 1.63. The zero-order chi connectivity index (χ0) is 13.0. The molecule has 4 heteroatoms. The SMILES string of the molecule is CCNC(Cc1ccccc1F)c1csc(C)n1. The van der Waals surface area contributed by atoms with Crippen LogP contribution in [0.3, 0.4) is 0 Å². The summed E-state index contributed by atoms with van der Waals surface area (Å²) < 4.78 is 13.7. The van der Waals surface area contributed by atoms with Crippen LogP contribution >= 0.6 is 11.3 Å². The van der Waals surface area contributed by atoms with Gasteiger partial charge in [0.1, 0.15) is 5.82 Å². The van der Waals surface area contributed by atoms with E-state index in [4.69, 9.17) is 0 Å². The van der Waals surface area contributed by atoms with Crippen molar-refractivity contribution >= 4 is 11.3 Å². The highest BCUT2D eigenvalue weighted by molar-refractivity contribution is 7.09. The van der Waals surface area contributed by atoms with Gasteiger partial charge in [0, 0.05) is 5.38 Å². The Morgan fingerprint density at radius 2 is 2.17 bits per heavy atom. The van der Waals surface area contributed by atoms with Crippen LogP contribution in [0.25, 0.3) is 0 Å². The molecule has 0 saturated heterocycles. The first-order valence-corrected chi connectivity index (χ1v) is 6.97. The fourth-order valence-corrected chi connectivity index (χ4v) is 2.62. The van der Waals surface area contributed by atoms with Gasteiger partial charge in [-0.3, -0.25) is 0 Å². The number of halogens is 1. The Balaban J connectivity index is 2.19. The fraction of sp³-hybridized carbons (Fsp3) is 0.357. The molecule has 0 fully saturated rings. The fourth-order valence-electron chi connectivity index (χ4n) is 1.95. The number of nitrogens with zero attached hydrogens (tertiary/aromatic N) is 1. The highest BCUT2D eigenvalue weighted by Crippen LogP contribution is 2.21. The molecule has 96 valence electrons. The van der Waals surface area contributed by atoms with Crippen LogP contribution in [0.4, 0.5) is 4.39 Å². The molecule has 1 N–H and O–H groups in total. The molecule has 1 unspecified atom stereocenters. The van der Waals surface area contributed by atoms with Crippen LogP contribution in [0, 0.1) is 12.7 Å². The van der Waals surface area contributed by atoms with Crippen LogP contribution in [0.5, 0.6) is 0 Å². The van der Waals surface area contributed by atoms with Crippen molar-refractivity contribution in [3.63, 3.8) is 0 Å². The van der Waals surface area contributed by atoms with Crippen LogP contribution in [-0.2, 0) is 6.42 Å². The second kappa shape index (κ2) is 6.07. The van der Waals surface area contributed by atoms with E-state index >= 15 is 0 Å². The Kier molecular flexibility index (Phi) is 4.44. The number of aromatic nitrogens is 1. The molecule has 0 radical (unpaired) electrons. The standard InChI is InChI=1S/C14H17FN2S/c1-3-16-13(14-9-18-10(2)17-14)8-11-6-4-5-7-12(11)15/h4-7,9,13,16H,3,8H2,1-2H3. The molecular formula is C14H17FN2S. The molecule has 1 aromatic heterocycles. The third-order valence-corrected chi connectivity index (χ3v) is 3.62. The lowest BCUT2D eigenvalue weighted by Gasteiger charge is -2.16. The van der Waals surface area contributed by atoms with E-state index in [1.165, 1.54) is 6.07 Å². The summed E-state index contributed by atoms with van der Waals surface area (Å²) in [5.74, 6) is -0.146. The van der Waals surface area contributed by atoms with E-state index in [2.05, 4.69) is 10.3 Å². The summed E-state index contributed by atoms with van der Waals surface area (Å²) in [6, 6.07) is 7.00. The molecule has 18 heavy (non-hydrogen) atoms. The van der Waals surface area contributed by atoms with Gasteiger partial charge < -0.3 is 5.32 Å². The minimum atomic E-state index is -0.146. The highest BCUT2D eigenvalue weighted by Gasteiger charge is 2.15. The predicted molar refractivity (Wildman–Crippen MR) is 73.4 cm³/mol. The Morgan fingerprint density at radius 1 is 1.39 bits per heavy atom. The van der Waals surface area contributed by atoms with E-state index in [-0.39, 0.29) is 11.9 Å². The van der Waals surface area contributed by atoms with Crippen molar-refractivity contribution in [2.45, 2.75) is 26.3 Å². The average Bonchev–Trinajstić information content (AvgIpc) is 2.78. The molecule has 1 heterocycles. The molecule has 0 bridgehead atoms. The maximum absolute atomic E-state index is 13.7. The minimum Gasteiger partial charge on any atom is -0.309 e. The molecule has 1 aromatic carbocycles. The molecule has 1 atom stereocenters. The van der Waals surface area contributed by atoms with E-state index in [0.29, 0.717) is 6.42 Å². The van der Waals surface area contributed by atoms with Crippen molar-refractivity contribution in [2.24, 2.45) is 0 Å². The number of hydrogen-bond donors (Lipinski definition) is 1. The van der Waals surface area contributed by atoms with E-state index in [1.54, 1.807) is 17.4 Å². The van der Waals surface area contributed by atoms with E-state index in [0.717, 1.165) is 22.8 Å². The largest absolute Gasteiger partial charge is 0.309 e. The first-order chi connectivity index (χ1) is 8.70. The molecule has 0 amide bonds. The van der Waals surface area contributed by atoms with Gasteiger partial charge >= 0.3 is 0 Å². The normalized spacial score (nSPS) is 12.6. The quantitative estimate of drug-likeness (QED) is 0.894. The molecule has 0 spiro atoms. The molecule has 0 aliphatic heterocycles. The van der Waals surface area contributed by atoms with Gasteiger partial charge in [-0.25, -0.2) is 9.37 Å². The topological polar surface area (TPSA) is 24.9 Å². The van der Waals surface area contributed by atoms with Gasteiger partial charge in [-0.05, 0) is 31.5 Å². The number of aryl methyl sites for hydroxylation is 1. The summed E-state index contributed by atoms with van der Waals surface area (Å²) in [4.78, 5) is 4.49. The monoisotopic (exact) mass is 264 g/mol. The van der Waals surface area contributed by atoms with Crippen molar-refractivity contribution in [2.75, 3.05) is 6.54 Å². The van der Waals surface area contributed by atoms with Crippen molar-refractivity contribution in [1.29, 1.82) is 0 Å². The van der Waals surface area contributed by atoms with Gasteiger partial charge in [0.25, 0.3) is 0 Å². The third kappa shape index (κ3) is 3.15. The highest BCUT2D eigenvalue weighted by atomic mass is 32.1. The predicted octanol–water partition coefficient (Wildman–Crippen LogP) is 3.48. The van der Waals surface area contributed by atoms with Crippen LogP contribution in [-0.4, -0.2) is 11.5 Å². The van der Waals surface area contributed by atoms with Crippen LogP contribution in [0.15, 0.2) is 29.6 Å². The average molecular weight is 264 g/mol. The first kappa shape index (κ1) is 13.2. The van der Waals surface area contributed by atoms with Gasteiger partial charge in [-0.2, -0.15) is 0 Å². The summed E-state index contributed by atoms with van der Waals surface area (Å²) in [6.07, 6.45) is 0.629. The number of hydrogen-bond acceptors (Lipinski definition) is 3. The molecule has 2 nitrogen and oxygen atoms in total. The van der Waals surface area contributed by atoms with Gasteiger partial charge in [0.15, 0.2) is 0 Å². The summed E-state index contributed by atoms with van der Waals surface area (Å²) in [7, 11) is 0. The van der Waals surface area contributed by atoms with Crippen molar-refractivity contribution in [1.82, 2.24) is 10.3 Å². The summed E-state index contributed by atoms with van der Waals surface area (Å²) in [5.41, 5.74) is 1.73. The second-order valence-corrected chi connectivity index (χ2v) is 5.26. The molecule has 0 aliphatic rings. The van der Waals surface area contributed by atoms with Crippen molar-refractivity contribution in [3.05, 3.63) is 51.7 Å². The van der Waals surface area contributed by atoms with E-state index < -0.39 is 0 Å². The van der Waals surface area contributed by atoms with Crippen LogP contribution < -0.4 is 5.32 Å². The molecule has 2 aromatic rings. The zero-order valence-corrected chi connectivity index (χ0v) is 11.4. The molecule has 0 saturated carbocycles. The van der Waals surface area contributed by atoms with Gasteiger partial charge in [0.2, 0.25) is 0 Å². The number of likely N-dealkylation sites (N-methyl/N-ethyl adjacent to an activating group) is 1. The smallest absolute Gasteiger partial charge is 0.126 e. The summed E-state index contributed by atoms with van der Waals surface area (Å²) in [6.45, 7) is 4.88. The molecular weight excluding hydrogens is 247 g/mol. The Bertz CT molecular complexity index is 510. The summed E-state index contributed by atoms with van der Waals surface area (Å²) in [5, 5.41) is 6.45. The van der Waals surface area contributed by atoms with Crippen LogP contribution in [0.2, 0.25) is 0 Å². The molecule has 0 aliphatic carbocycles. The van der Waals surface area contributed by atoms with Crippen molar-refractivity contribution in [3.8, 4) is 0 Å². The number of rotatable bonds is 5. The maximum Gasteiger partial charge on any atom is 0.126 e. The first-order valence-electron chi connectivity index (χ1n) is 6.09. The molecule has 2 rings (SSSR count). The van der Waals surface area contributed by atoms with Gasteiger partial charge in [-0.1, -0.05) is 25.1 Å². The number of nitrogens with one attached hydrogen (secondary N) is 1. The minimum absolute atomic E-state index is 0.0804. The van der Waals surface area contributed by atoms with Crippen LogP contribution in [0.1, 0.15) is 29.2 Å². The van der Waals surface area contributed by atoms with Gasteiger partial charge in [-0.15, -0.1) is 11.3 Å². The van der Waals surface area contributed by atoms with E-state index in [1.807, 2.05) is 31.4 Å². The Labute approximate surface area is 111 Å². The Hall–Kier alpha value is -1.26. The lowest BCUT2D eigenvalue weighted by atomic mass is 10.0. The van der Waals surface area contributed by atoms with E-state index in [9.17, 15) is 4.39 Å². The number of benzene rings is 1. The van der Waals surface area contributed by atoms with Gasteiger partial charge in [0.05, 0.1) is 16.7 Å². The third-order valence-electron chi connectivity index (χ3n) is 2.83.